The summed E-state index contributed by atoms with van der Waals surface area (Å²) in [5.74, 6) is -3.55. The quantitative estimate of drug-likeness (QED) is 0.172. The molecule has 0 spiro atoms. The summed E-state index contributed by atoms with van der Waals surface area (Å²) in [6.07, 6.45) is -5.76. The lowest BCUT2D eigenvalue weighted by Gasteiger charge is -2.71. The highest BCUT2D eigenvalue weighted by Crippen LogP contribution is 2.68. The zero-order valence-electron chi connectivity index (χ0n) is 33.8. The number of hydrogen-bond acceptors (Lipinski definition) is 13. The van der Waals surface area contributed by atoms with Gasteiger partial charge in [0.25, 0.3) is 0 Å². The number of carbonyl (C=O) groups excluding carboxylic acids is 4. The van der Waals surface area contributed by atoms with Gasteiger partial charge in [-0.3, -0.25) is 9.59 Å². The SMILES string of the molecule is C=C[C@H]1O[C@H]2C[C@H]3OC[C@@]3(OC(C)=O)[C@H]3[C@H](C)[C@]4(O)C[C@H](OC(=O)[C@H](O)[C@H](CC(C)C)NC(=O)OC(C)(C)C)C(C)=C([C@H](OC(C)=O)[C@H](O1)[C@]23C)C4(C)C. The molecule has 0 aromatic heterocycles. The van der Waals surface area contributed by atoms with Crippen LogP contribution in [0, 0.1) is 28.6 Å². The average Bonchev–Trinajstić information content (AvgIpc) is 3.02. The van der Waals surface area contributed by atoms with Crippen molar-refractivity contribution in [2.45, 2.75) is 168 Å². The monoisotopic (exact) mass is 763 g/mol. The van der Waals surface area contributed by atoms with Crippen molar-refractivity contribution in [2.24, 2.45) is 28.6 Å². The second kappa shape index (κ2) is 14.5. The molecule has 0 aromatic rings. The van der Waals surface area contributed by atoms with Crippen LogP contribution in [-0.4, -0.2) is 107 Å². The maximum atomic E-state index is 14.0. The highest BCUT2D eigenvalue weighted by molar-refractivity contribution is 5.77. The molecule has 0 aromatic carbocycles. The van der Waals surface area contributed by atoms with Crippen molar-refractivity contribution in [3.8, 4) is 0 Å². The van der Waals surface area contributed by atoms with E-state index in [4.69, 9.17) is 33.2 Å². The summed E-state index contributed by atoms with van der Waals surface area (Å²) in [6.45, 7) is 24.8. The minimum absolute atomic E-state index is 0.0271. The van der Waals surface area contributed by atoms with Crippen molar-refractivity contribution in [1.29, 1.82) is 0 Å². The summed E-state index contributed by atoms with van der Waals surface area (Å²) in [5.41, 5.74) is -4.87. The lowest BCUT2D eigenvalue weighted by molar-refractivity contribution is -0.401. The van der Waals surface area contributed by atoms with E-state index in [2.05, 4.69) is 11.9 Å². The molecule has 2 saturated carbocycles. The molecule has 14 heteroatoms. The van der Waals surface area contributed by atoms with Crippen molar-refractivity contribution in [1.82, 2.24) is 5.32 Å². The van der Waals surface area contributed by atoms with Crippen LogP contribution in [0.4, 0.5) is 4.79 Å². The van der Waals surface area contributed by atoms with E-state index in [1.807, 2.05) is 41.5 Å². The summed E-state index contributed by atoms with van der Waals surface area (Å²) in [6, 6.07) is -1.05. The van der Waals surface area contributed by atoms with Crippen molar-refractivity contribution in [3.63, 3.8) is 0 Å². The fourth-order valence-corrected chi connectivity index (χ4v) is 10.4. The molecule has 1 amide bonds. The number of ether oxygens (including phenoxy) is 7. The molecule has 5 rings (SSSR count). The van der Waals surface area contributed by atoms with Crippen LogP contribution in [0.5, 0.6) is 0 Å². The Morgan fingerprint density at radius 3 is 2.22 bits per heavy atom. The fraction of sp³-hybridized carbons (Fsp3) is 0.800. The highest BCUT2D eigenvalue weighted by Gasteiger charge is 2.77. The smallest absolute Gasteiger partial charge is 0.407 e. The number of rotatable bonds is 9. The van der Waals surface area contributed by atoms with Crippen LogP contribution >= 0.6 is 0 Å². The van der Waals surface area contributed by atoms with Gasteiger partial charge in [0.15, 0.2) is 24.1 Å². The predicted octanol–water partition coefficient (Wildman–Crippen LogP) is 4.28. The van der Waals surface area contributed by atoms with Crippen LogP contribution in [-0.2, 0) is 47.5 Å². The lowest BCUT2D eigenvalue weighted by Crippen LogP contribution is -2.82. The van der Waals surface area contributed by atoms with E-state index in [0.29, 0.717) is 17.6 Å². The fourth-order valence-electron chi connectivity index (χ4n) is 10.4. The Labute approximate surface area is 318 Å². The number of aliphatic hydroxyl groups excluding tert-OH is 1. The number of fused-ring (bicyclic) bond motifs is 4. The van der Waals surface area contributed by atoms with Crippen LogP contribution in [0.15, 0.2) is 23.8 Å². The molecular weight excluding hydrogens is 702 g/mol. The molecule has 3 aliphatic carbocycles. The topological polar surface area (TPSA) is 185 Å². The Balaban J connectivity index is 1.65. The van der Waals surface area contributed by atoms with Gasteiger partial charge in [0.2, 0.25) is 0 Å². The zero-order chi connectivity index (χ0) is 40.5. The van der Waals surface area contributed by atoms with Gasteiger partial charge in [0.05, 0.1) is 24.4 Å². The number of amides is 1. The first-order chi connectivity index (χ1) is 24.8. The number of alkyl carbamates (subject to hydrolysis) is 1. The largest absolute Gasteiger partial charge is 0.456 e. The summed E-state index contributed by atoms with van der Waals surface area (Å²) < 4.78 is 43.3. The van der Waals surface area contributed by atoms with Crippen LogP contribution in [0.25, 0.3) is 0 Å². The van der Waals surface area contributed by atoms with Gasteiger partial charge in [-0.2, -0.15) is 0 Å². The zero-order valence-corrected chi connectivity index (χ0v) is 33.8. The third-order valence-electron chi connectivity index (χ3n) is 12.7. The van der Waals surface area contributed by atoms with Gasteiger partial charge < -0.3 is 48.7 Å². The normalized spacial score (nSPS) is 39.2. The molecule has 304 valence electrons. The van der Waals surface area contributed by atoms with Crippen LogP contribution < -0.4 is 5.32 Å². The third-order valence-corrected chi connectivity index (χ3v) is 12.7. The van der Waals surface area contributed by atoms with E-state index in [9.17, 15) is 29.4 Å². The number of aliphatic hydroxyl groups is 2. The molecule has 2 aliphatic heterocycles. The minimum Gasteiger partial charge on any atom is -0.456 e. The molecule has 54 heavy (non-hydrogen) atoms. The maximum Gasteiger partial charge on any atom is 0.407 e. The van der Waals surface area contributed by atoms with E-state index in [1.165, 1.54) is 19.9 Å². The molecule has 14 nitrogen and oxygen atoms in total. The highest BCUT2D eigenvalue weighted by atomic mass is 16.7. The Morgan fingerprint density at radius 1 is 1.06 bits per heavy atom. The van der Waals surface area contributed by atoms with Crippen LogP contribution in [0.1, 0.15) is 102 Å². The summed E-state index contributed by atoms with van der Waals surface area (Å²) >= 11 is 0. The van der Waals surface area contributed by atoms with Gasteiger partial charge >= 0.3 is 24.0 Å². The van der Waals surface area contributed by atoms with E-state index >= 15 is 0 Å². The van der Waals surface area contributed by atoms with Crippen molar-refractivity contribution in [3.05, 3.63) is 23.8 Å². The second-order valence-corrected chi connectivity index (χ2v) is 18.1. The van der Waals surface area contributed by atoms with Gasteiger partial charge in [-0.25, -0.2) is 9.59 Å². The Morgan fingerprint density at radius 2 is 1.70 bits per heavy atom. The Bertz CT molecular complexity index is 1550. The Kier molecular flexibility index (Phi) is 11.3. The molecule has 0 radical (unpaired) electrons. The third kappa shape index (κ3) is 6.99. The summed E-state index contributed by atoms with van der Waals surface area (Å²) in [5, 5.41) is 27.4. The van der Waals surface area contributed by atoms with E-state index < -0.39 is 112 Å². The average molecular weight is 764 g/mol. The predicted molar refractivity (Wildman–Crippen MR) is 193 cm³/mol. The molecular formula is C40H61NO13. The van der Waals surface area contributed by atoms with E-state index in [0.717, 1.165) is 0 Å². The molecule has 2 heterocycles. The Hall–Kier alpha value is -3.04. The van der Waals surface area contributed by atoms with Gasteiger partial charge in [-0.1, -0.05) is 48.1 Å². The lowest BCUT2D eigenvalue weighted by atomic mass is 9.42. The van der Waals surface area contributed by atoms with Gasteiger partial charge in [-0.05, 0) is 63.2 Å². The van der Waals surface area contributed by atoms with E-state index in [-0.39, 0.29) is 25.4 Å². The summed E-state index contributed by atoms with van der Waals surface area (Å²) in [7, 11) is 0. The first-order valence-electron chi connectivity index (χ1n) is 19.1. The molecule has 2 bridgehead atoms. The van der Waals surface area contributed by atoms with Crippen LogP contribution in [0.2, 0.25) is 0 Å². The number of hydrogen-bond donors (Lipinski definition) is 3. The standard InChI is InChI=1S/C40H61NO13/c1-14-28-51-26-16-27-39(18-48-27,53-23(7)43)32-21(5)40(47)17-25(50-34(45)30(44)24(15-19(2)3)41-35(46)54-36(8,9)10)20(4)29(37(40,11)12)31(49-22(6)42)33(52-28)38(26,32)13/h14,19,21,24-28,30-33,44,47H,1,15-18H2,2-13H3,(H,41,46)/t21-,24-,25-,26-,27+,28-,30+,31-,32-,33-,38+,39-,40+/m0/s1. The molecule has 3 N–H and O–H groups in total. The molecule has 4 fully saturated rings. The number of carbonyl (C=O) groups is 4. The second-order valence-electron chi connectivity index (χ2n) is 18.1. The van der Waals surface area contributed by atoms with Crippen molar-refractivity contribution < 1.29 is 62.5 Å². The number of esters is 3. The molecule has 13 atom stereocenters. The minimum atomic E-state index is -1.79. The molecule has 5 aliphatic rings. The number of nitrogens with one attached hydrogen (secondary N) is 1. The van der Waals surface area contributed by atoms with Gasteiger partial charge in [0.1, 0.15) is 23.9 Å². The van der Waals surface area contributed by atoms with Gasteiger partial charge in [-0.15, -0.1) is 0 Å². The maximum absolute atomic E-state index is 14.0. The van der Waals surface area contributed by atoms with Crippen molar-refractivity contribution in [2.75, 3.05) is 6.61 Å². The van der Waals surface area contributed by atoms with Gasteiger partial charge in [0, 0.05) is 43.4 Å². The molecule has 2 saturated heterocycles. The summed E-state index contributed by atoms with van der Waals surface area (Å²) in [4.78, 5) is 52.6. The first-order valence-corrected chi connectivity index (χ1v) is 19.1. The first kappa shape index (κ1) is 42.1. The van der Waals surface area contributed by atoms with Crippen LogP contribution in [0.3, 0.4) is 0 Å². The molecule has 0 unspecified atom stereocenters. The van der Waals surface area contributed by atoms with Crippen molar-refractivity contribution >= 4 is 24.0 Å². The van der Waals surface area contributed by atoms with E-state index in [1.54, 1.807) is 27.7 Å².